The first-order chi connectivity index (χ1) is 7.54. The van der Waals surface area contributed by atoms with Gasteiger partial charge in [-0.15, -0.1) is 0 Å². The van der Waals surface area contributed by atoms with Gasteiger partial charge in [-0.3, -0.25) is 4.79 Å². The molecule has 0 saturated heterocycles. The lowest BCUT2D eigenvalue weighted by atomic mass is 10.1. The van der Waals surface area contributed by atoms with Crippen molar-refractivity contribution in [3.8, 4) is 6.07 Å². The number of ketones is 1. The van der Waals surface area contributed by atoms with Gasteiger partial charge in [-0.1, -0.05) is 17.7 Å². The van der Waals surface area contributed by atoms with Crippen LogP contribution in [0, 0.1) is 25.2 Å². The summed E-state index contributed by atoms with van der Waals surface area (Å²) in [5, 5.41) is 8.42. The maximum absolute atomic E-state index is 11.3. The third-order valence-electron chi connectivity index (χ3n) is 2.45. The third kappa shape index (κ3) is 3.09. The summed E-state index contributed by atoms with van der Waals surface area (Å²) in [5.41, 5.74) is 3.39. The van der Waals surface area contributed by atoms with Crippen molar-refractivity contribution in [1.29, 1.82) is 5.26 Å². The van der Waals surface area contributed by atoms with E-state index in [1.165, 1.54) is 5.56 Å². The van der Waals surface area contributed by atoms with Crippen molar-refractivity contribution >= 4 is 11.5 Å². The second-order valence-corrected chi connectivity index (χ2v) is 4.02. The number of benzene rings is 1. The van der Waals surface area contributed by atoms with Gasteiger partial charge in [0.25, 0.3) is 0 Å². The molecule has 0 aliphatic heterocycles. The fourth-order valence-corrected chi connectivity index (χ4v) is 1.73. The first-order valence-electron chi connectivity index (χ1n) is 5.21. The molecule has 0 saturated carbocycles. The summed E-state index contributed by atoms with van der Waals surface area (Å²) in [5.74, 6) is -0.0509. The maximum atomic E-state index is 11.3. The number of Topliss-reactive ketones (excluding diaryl/α,β-unsaturated/α-hetero) is 1. The minimum atomic E-state index is -0.0509. The SMILES string of the molecule is Cc1ccc(N(C)CC(=O)CC#N)c(C)c1. The highest BCUT2D eigenvalue weighted by molar-refractivity contribution is 5.85. The van der Waals surface area contributed by atoms with E-state index >= 15 is 0 Å². The van der Waals surface area contributed by atoms with E-state index in [1.54, 1.807) is 0 Å². The van der Waals surface area contributed by atoms with Crippen molar-refractivity contribution in [2.45, 2.75) is 20.3 Å². The molecule has 0 amide bonds. The zero-order chi connectivity index (χ0) is 12.1. The Morgan fingerprint density at radius 3 is 2.69 bits per heavy atom. The summed E-state index contributed by atoms with van der Waals surface area (Å²) < 4.78 is 0. The molecule has 3 nitrogen and oxygen atoms in total. The van der Waals surface area contributed by atoms with Crippen molar-refractivity contribution in [2.24, 2.45) is 0 Å². The topological polar surface area (TPSA) is 44.1 Å². The van der Waals surface area contributed by atoms with Gasteiger partial charge in [-0.05, 0) is 25.5 Å². The van der Waals surface area contributed by atoms with Crippen molar-refractivity contribution in [3.05, 3.63) is 29.3 Å². The zero-order valence-electron chi connectivity index (χ0n) is 9.95. The smallest absolute Gasteiger partial charge is 0.166 e. The van der Waals surface area contributed by atoms with Crippen LogP contribution < -0.4 is 4.90 Å². The summed E-state index contributed by atoms with van der Waals surface area (Å²) in [7, 11) is 1.87. The Labute approximate surface area is 96.3 Å². The van der Waals surface area contributed by atoms with Crippen molar-refractivity contribution in [2.75, 3.05) is 18.5 Å². The van der Waals surface area contributed by atoms with Gasteiger partial charge in [-0.25, -0.2) is 0 Å². The number of aryl methyl sites for hydroxylation is 2. The van der Waals surface area contributed by atoms with E-state index < -0.39 is 0 Å². The number of rotatable bonds is 4. The molecule has 0 heterocycles. The lowest BCUT2D eigenvalue weighted by Gasteiger charge is -2.20. The summed E-state index contributed by atoms with van der Waals surface area (Å²) in [4.78, 5) is 13.2. The van der Waals surface area contributed by atoms with E-state index in [1.807, 2.05) is 44.0 Å². The highest BCUT2D eigenvalue weighted by atomic mass is 16.1. The lowest BCUT2D eigenvalue weighted by molar-refractivity contribution is -0.116. The largest absolute Gasteiger partial charge is 0.367 e. The van der Waals surface area contributed by atoms with Crippen LogP contribution >= 0.6 is 0 Å². The fourth-order valence-electron chi connectivity index (χ4n) is 1.73. The molecule has 0 unspecified atom stereocenters. The van der Waals surface area contributed by atoms with Crippen LogP contribution in [0.3, 0.4) is 0 Å². The standard InChI is InChI=1S/C13H16N2O/c1-10-4-5-13(11(2)8-10)15(3)9-12(16)6-7-14/h4-5,8H,6,9H2,1-3H3. The summed E-state index contributed by atoms with van der Waals surface area (Å²) in [6.07, 6.45) is -0.0186. The molecule has 3 heteroatoms. The molecular formula is C13H16N2O. The molecule has 84 valence electrons. The number of hydrogen-bond acceptors (Lipinski definition) is 3. The van der Waals surface area contributed by atoms with Crippen LogP contribution in [0.15, 0.2) is 18.2 Å². The number of carbonyl (C=O) groups excluding carboxylic acids is 1. The molecule has 1 aromatic rings. The van der Waals surface area contributed by atoms with E-state index in [2.05, 4.69) is 6.07 Å². The maximum Gasteiger partial charge on any atom is 0.166 e. The monoisotopic (exact) mass is 216 g/mol. The van der Waals surface area contributed by atoms with Crippen LogP contribution in [0.1, 0.15) is 17.5 Å². The molecule has 0 aliphatic rings. The average Bonchev–Trinajstić information content (AvgIpc) is 2.17. The van der Waals surface area contributed by atoms with Crippen LogP contribution in [0.25, 0.3) is 0 Å². The number of anilines is 1. The number of nitriles is 1. The van der Waals surface area contributed by atoms with Gasteiger partial charge < -0.3 is 4.90 Å². The molecule has 1 rings (SSSR count). The molecule has 0 aliphatic carbocycles. The lowest BCUT2D eigenvalue weighted by Crippen LogP contribution is -2.25. The van der Waals surface area contributed by atoms with Crippen LogP contribution in [-0.4, -0.2) is 19.4 Å². The predicted octanol–water partition coefficient (Wildman–Crippen LogP) is 2.22. The Bertz CT molecular complexity index is 432. The molecule has 0 fully saturated rings. The molecular weight excluding hydrogens is 200 g/mol. The fraction of sp³-hybridized carbons (Fsp3) is 0.385. The Balaban J connectivity index is 2.77. The van der Waals surface area contributed by atoms with Gasteiger partial charge >= 0.3 is 0 Å². The van der Waals surface area contributed by atoms with Gasteiger partial charge in [0, 0.05) is 12.7 Å². The molecule has 0 atom stereocenters. The van der Waals surface area contributed by atoms with E-state index in [9.17, 15) is 4.79 Å². The van der Waals surface area contributed by atoms with Crippen molar-refractivity contribution < 1.29 is 4.79 Å². The Hall–Kier alpha value is -1.82. The number of hydrogen-bond donors (Lipinski definition) is 0. The first-order valence-corrected chi connectivity index (χ1v) is 5.21. The van der Waals surface area contributed by atoms with E-state index in [0.29, 0.717) is 0 Å². The summed E-state index contributed by atoms with van der Waals surface area (Å²) in [6, 6.07) is 7.98. The quantitative estimate of drug-likeness (QED) is 0.775. The summed E-state index contributed by atoms with van der Waals surface area (Å²) in [6.45, 7) is 4.35. The molecule has 1 aromatic carbocycles. The number of nitrogens with zero attached hydrogens (tertiary/aromatic N) is 2. The van der Waals surface area contributed by atoms with Gasteiger partial charge in [0.2, 0.25) is 0 Å². The minimum absolute atomic E-state index is 0.0186. The van der Waals surface area contributed by atoms with Crippen molar-refractivity contribution in [1.82, 2.24) is 0 Å². The zero-order valence-corrected chi connectivity index (χ0v) is 9.95. The molecule has 16 heavy (non-hydrogen) atoms. The third-order valence-corrected chi connectivity index (χ3v) is 2.45. The van der Waals surface area contributed by atoms with Crippen LogP contribution in [0.2, 0.25) is 0 Å². The highest BCUT2D eigenvalue weighted by Crippen LogP contribution is 2.19. The first kappa shape index (κ1) is 12.3. The molecule has 0 N–H and O–H groups in total. The normalized spacial score (nSPS) is 9.62. The molecule has 0 radical (unpaired) electrons. The van der Waals surface area contributed by atoms with Gasteiger partial charge in [-0.2, -0.15) is 5.26 Å². The average molecular weight is 216 g/mol. The van der Waals surface area contributed by atoms with Crippen LogP contribution in [0.5, 0.6) is 0 Å². The Morgan fingerprint density at radius 1 is 1.44 bits per heavy atom. The highest BCUT2D eigenvalue weighted by Gasteiger charge is 2.09. The molecule has 0 bridgehead atoms. The molecule has 0 spiro atoms. The van der Waals surface area contributed by atoms with E-state index in [-0.39, 0.29) is 18.7 Å². The second kappa shape index (κ2) is 5.32. The van der Waals surface area contributed by atoms with Crippen molar-refractivity contribution in [3.63, 3.8) is 0 Å². The minimum Gasteiger partial charge on any atom is -0.367 e. The number of likely N-dealkylation sites (N-methyl/N-ethyl adjacent to an activating group) is 1. The Morgan fingerprint density at radius 2 is 2.12 bits per heavy atom. The van der Waals surface area contributed by atoms with Gasteiger partial charge in [0.05, 0.1) is 19.0 Å². The van der Waals surface area contributed by atoms with Crippen LogP contribution in [-0.2, 0) is 4.79 Å². The van der Waals surface area contributed by atoms with Crippen LogP contribution in [0.4, 0.5) is 5.69 Å². The summed E-state index contributed by atoms with van der Waals surface area (Å²) >= 11 is 0. The Kier molecular flexibility index (Phi) is 4.07. The van der Waals surface area contributed by atoms with E-state index in [4.69, 9.17) is 5.26 Å². The predicted molar refractivity (Wildman–Crippen MR) is 64.4 cm³/mol. The van der Waals surface area contributed by atoms with Gasteiger partial charge in [0.1, 0.15) is 0 Å². The molecule has 0 aromatic heterocycles. The van der Waals surface area contributed by atoms with E-state index in [0.717, 1.165) is 11.3 Å². The second-order valence-electron chi connectivity index (χ2n) is 4.02. The number of carbonyl (C=O) groups is 1. The van der Waals surface area contributed by atoms with Gasteiger partial charge in [0.15, 0.2) is 5.78 Å².